The van der Waals surface area contributed by atoms with Gasteiger partial charge in [0.1, 0.15) is 0 Å². The molecule has 0 aliphatic heterocycles. The van der Waals surface area contributed by atoms with Crippen molar-refractivity contribution >= 4 is 11.9 Å². The van der Waals surface area contributed by atoms with Gasteiger partial charge in [0.2, 0.25) is 0 Å². The highest BCUT2D eigenvalue weighted by molar-refractivity contribution is 5.89. The van der Waals surface area contributed by atoms with Gasteiger partial charge in [0.05, 0.1) is 17.7 Å². The maximum Gasteiger partial charge on any atom is 0.338 e. The van der Waals surface area contributed by atoms with Crippen molar-refractivity contribution in [3.8, 4) is 11.5 Å². The van der Waals surface area contributed by atoms with E-state index in [0.717, 1.165) is 18.6 Å². The predicted octanol–water partition coefficient (Wildman–Crippen LogP) is 8.12. The molecule has 0 saturated heterocycles. The SMILES string of the molecule is CCCCCCCCCCCCCCCCOC(=O)c1ccccc1.O=C(O)c1ccc(O)c(O)c1. The van der Waals surface area contributed by atoms with Crippen molar-refractivity contribution in [2.24, 2.45) is 0 Å². The number of carbonyl (C=O) groups is 2. The second kappa shape index (κ2) is 20.2. The number of ether oxygens (including phenoxy) is 1. The molecule has 2 aromatic carbocycles. The van der Waals surface area contributed by atoms with Gasteiger partial charge in [-0.05, 0) is 36.8 Å². The molecule has 0 unspecified atom stereocenters. The van der Waals surface area contributed by atoms with Crippen molar-refractivity contribution in [1.29, 1.82) is 0 Å². The van der Waals surface area contributed by atoms with Crippen LogP contribution >= 0.6 is 0 Å². The van der Waals surface area contributed by atoms with Gasteiger partial charge in [-0.2, -0.15) is 0 Å². The molecule has 200 valence electrons. The third-order valence-electron chi connectivity index (χ3n) is 5.96. The number of aromatic hydroxyl groups is 2. The average molecular weight is 501 g/mol. The number of esters is 1. The smallest absolute Gasteiger partial charge is 0.338 e. The molecule has 2 aromatic rings. The number of aromatic carboxylic acids is 1. The van der Waals surface area contributed by atoms with Crippen LogP contribution in [0.3, 0.4) is 0 Å². The molecule has 0 fully saturated rings. The quantitative estimate of drug-likeness (QED) is 0.115. The first-order chi connectivity index (χ1) is 17.5. The Bertz CT molecular complexity index is 850. The van der Waals surface area contributed by atoms with Gasteiger partial charge in [-0.1, -0.05) is 109 Å². The lowest BCUT2D eigenvalue weighted by molar-refractivity contribution is 0.0497. The molecule has 36 heavy (non-hydrogen) atoms. The third-order valence-corrected chi connectivity index (χ3v) is 5.96. The predicted molar refractivity (Wildman–Crippen MR) is 144 cm³/mol. The Hall–Kier alpha value is -3.02. The van der Waals surface area contributed by atoms with Crippen molar-refractivity contribution < 1.29 is 29.6 Å². The van der Waals surface area contributed by atoms with Crippen LogP contribution in [0.4, 0.5) is 0 Å². The summed E-state index contributed by atoms with van der Waals surface area (Å²) in [7, 11) is 0. The summed E-state index contributed by atoms with van der Waals surface area (Å²) in [5.41, 5.74) is 0.591. The Labute approximate surface area is 216 Å². The van der Waals surface area contributed by atoms with E-state index in [1.165, 1.54) is 89.5 Å². The van der Waals surface area contributed by atoms with Crippen LogP contribution in [0, 0.1) is 0 Å². The molecule has 0 bridgehead atoms. The molecule has 0 amide bonds. The zero-order chi connectivity index (χ0) is 26.4. The van der Waals surface area contributed by atoms with E-state index in [1.807, 2.05) is 18.2 Å². The van der Waals surface area contributed by atoms with Gasteiger partial charge in [0.25, 0.3) is 0 Å². The Morgan fingerprint density at radius 2 is 1.14 bits per heavy atom. The van der Waals surface area contributed by atoms with Gasteiger partial charge in [-0.25, -0.2) is 9.59 Å². The van der Waals surface area contributed by atoms with Crippen LogP contribution in [0.25, 0.3) is 0 Å². The van der Waals surface area contributed by atoms with E-state index >= 15 is 0 Å². The molecule has 0 saturated carbocycles. The molecule has 3 N–H and O–H groups in total. The summed E-state index contributed by atoms with van der Waals surface area (Å²) >= 11 is 0. The number of carbonyl (C=O) groups excluding carboxylic acids is 1. The largest absolute Gasteiger partial charge is 0.504 e. The zero-order valence-corrected chi connectivity index (χ0v) is 21.8. The molecule has 0 heterocycles. The van der Waals surface area contributed by atoms with Gasteiger partial charge in [0, 0.05) is 0 Å². The lowest BCUT2D eigenvalue weighted by Crippen LogP contribution is -2.06. The summed E-state index contributed by atoms with van der Waals surface area (Å²) in [6.07, 6.45) is 18.8. The molecule has 0 spiro atoms. The van der Waals surface area contributed by atoms with E-state index in [1.54, 1.807) is 12.1 Å². The molecule has 0 aliphatic carbocycles. The standard InChI is InChI=1S/C23H38O2.C7H6O4/c1-2-3-4-5-6-7-8-9-10-11-12-13-14-18-21-25-23(24)22-19-16-15-17-20-22;8-5-2-1-4(7(10)11)3-6(5)9/h15-17,19-20H,2-14,18,21H2,1H3;1-3,8-9H,(H,10,11). The number of phenols is 2. The van der Waals surface area contributed by atoms with E-state index in [4.69, 9.17) is 20.1 Å². The summed E-state index contributed by atoms with van der Waals surface area (Å²) in [5.74, 6) is -2.09. The van der Waals surface area contributed by atoms with E-state index in [9.17, 15) is 9.59 Å². The molecule has 0 aromatic heterocycles. The number of hydrogen-bond acceptors (Lipinski definition) is 5. The fourth-order valence-corrected chi connectivity index (χ4v) is 3.78. The van der Waals surface area contributed by atoms with E-state index in [2.05, 4.69) is 6.92 Å². The Kier molecular flexibility index (Phi) is 17.4. The lowest BCUT2D eigenvalue weighted by atomic mass is 10.0. The highest BCUT2D eigenvalue weighted by Crippen LogP contribution is 2.24. The van der Waals surface area contributed by atoms with Gasteiger partial charge in [-0.3, -0.25) is 0 Å². The first-order valence-corrected chi connectivity index (χ1v) is 13.4. The van der Waals surface area contributed by atoms with Gasteiger partial charge in [-0.15, -0.1) is 0 Å². The Morgan fingerprint density at radius 3 is 1.61 bits per heavy atom. The van der Waals surface area contributed by atoms with E-state index in [0.29, 0.717) is 12.2 Å². The molecular weight excluding hydrogens is 456 g/mol. The van der Waals surface area contributed by atoms with Crippen molar-refractivity contribution in [3.63, 3.8) is 0 Å². The summed E-state index contributed by atoms with van der Waals surface area (Å²) in [4.78, 5) is 22.0. The third kappa shape index (κ3) is 15.1. The van der Waals surface area contributed by atoms with Crippen molar-refractivity contribution in [1.82, 2.24) is 0 Å². The number of unbranched alkanes of at least 4 members (excludes halogenated alkanes) is 13. The first-order valence-electron chi connectivity index (χ1n) is 13.4. The van der Waals surface area contributed by atoms with Gasteiger partial charge < -0.3 is 20.1 Å². The summed E-state index contributed by atoms with van der Waals surface area (Å²) in [5, 5.41) is 26.0. The minimum atomic E-state index is -1.14. The number of benzene rings is 2. The van der Waals surface area contributed by atoms with Crippen LogP contribution in [0.2, 0.25) is 0 Å². The first kappa shape index (κ1) is 31.0. The maximum absolute atomic E-state index is 11.8. The molecule has 2 rings (SSSR count). The normalized spacial score (nSPS) is 10.4. The monoisotopic (exact) mass is 500 g/mol. The van der Waals surface area contributed by atoms with Crippen LogP contribution in [-0.2, 0) is 4.74 Å². The van der Waals surface area contributed by atoms with Crippen LogP contribution < -0.4 is 0 Å². The maximum atomic E-state index is 11.8. The van der Waals surface area contributed by atoms with Crippen molar-refractivity contribution in [3.05, 3.63) is 59.7 Å². The highest BCUT2D eigenvalue weighted by Gasteiger charge is 2.06. The molecule has 0 aliphatic rings. The van der Waals surface area contributed by atoms with Gasteiger partial charge in [0.15, 0.2) is 11.5 Å². The second-order valence-corrected chi connectivity index (χ2v) is 9.11. The molecule has 0 radical (unpaired) electrons. The summed E-state index contributed by atoms with van der Waals surface area (Å²) < 4.78 is 5.30. The number of rotatable bonds is 17. The molecule has 6 nitrogen and oxygen atoms in total. The zero-order valence-electron chi connectivity index (χ0n) is 21.8. The minimum Gasteiger partial charge on any atom is -0.504 e. The molecule has 0 atom stereocenters. The molecular formula is C30H44O6. The molecule has 6 heteroatoms. The van der Waals surface area contributed by atoms with Crippen LogP contribution in [0.5, 0.6) is 11.5 Å². The van der Waals surface area contributed by atoms with Crippen LogP contribution in [0.15, 0.2) is 48.5 Å². The lowest BCUT2D eigenvalue weighted by Gasteiger charge is -2.05. The van der Waals surface area contributed by atoms with Crippen LogP contribution in [-0.4, -0.2) is 33.9 Å². The number of carboxylic acid groups (broad SMARTS) is 1. The van der Waals surface area contributed by atoms with E-state index in [-0.39, 0.29) is 17.3 Å². The topological polar surface area (TPSA) is 104 Å². The van der Waals surface area contributed by atoms with Crippen molar-refractivity contribution in [2.45, 2.75) is 96.8 Å². The minimum absolute atomic E-state index is 0.0553. The fraction of sp³-hybridized carbons (Fsp3) is 0.533. The summed E-state index contributed by atoms with van der Waals surface area (Å²) in [6, 6.07) is 12.5. The highest BCUT2D eigenvalue weighted by atomic mass is 16.5. The summed E-state index contributed by atoms with van der Waals surface area (Å²) in [6.45, 7) is 2.82. The van der Waals surface area contributed by atoms with Crippen molar-refractivity contribution in [2.75, 3.05) is 6.61 Å². The second-order valence-electron chi connectivity index (χ2n) is 9.11. The van der Waals surface area contributed by atoms with Gasteiger partial charge >= 0.3 is 11.9 Å². The number of phenolic OH excluding ortho intramolecular Hbond substituents is 2. The fourth-order valence-electron chi connectivity index (χ4n) is 3.78. The van der Waals surface area contributed by atoms with Crippen LogP contribution in [0.1, 0.15) is 118 Å². The number of hydrogen-bond donors (Lipinski definition) is 3. The van der Waals surface area contributed by atoms with E-state index < -0.39 is 11.7 Å². The average Bonchev–Trinajstić information content (AvgIpc) is 2.88. The Balaban J connectivity index is 0.000000488. The number of carboxylic acids is 1. The Morgan fingerprint density at radius 1 is 0.639 bits per heavy atom.